The van der Waals surface area contributed by atoms with E-state index in [1.165, 1.54) is 0 Å². The molecule has 0 unspecified atom stereocenters. The molecule has 0 aromatic heterocycles. The topological polar surface area (TPSA) is 234 Å². The van der Waals surface area contributed by atoms with Crippen LogP contribution in [0, 0.1) is 0 Å². The van der Waals surface area contributed by atoms with Crippen LogP contribution in [0.2, 0.25) is 0 Å². The van der Waals surface area contributed by atoms with Gasteiger partial charge in [-0.3, -0.25) is 19.2 Å². The Labute approximate surface area is 159 Å². The van der Waals surface area contributed by atoms with Crippen LogP contribution >= 0.6 is 12.6 Å². The van der Waals surface area contributed by atoms with Crippen LogP contribution in [-0.2, 0) is 24.0 Å². The molecule has 13 nitrogen and oxygen atoms in total. The SMILES string of the molecule is NC(=O)C[C@H](NC(=O)[C@@H](N)CO)C(=O)N[C@@H](CO)C(=O)N[C@@H](CS)C(=O)O. The van der Waals surface area contributed by atoms with Crippen molar-refractivity contribution in [3.8, 4) is 0 Å². The highest BCUT2D eigenvalue weighted by Gasteiger charge is 2.30. The van der Waals surface area contributed by atoms with Gasteiger partial charge in [0.2, 0.25) is 23.6 Å². The number of hydrogen-bond acceptors (Lipinski definition) is 9. The second-order valence-electron chi connectivity index (χ2n) is 5.35. The van der Waals surface area contributed by atoms with Crippen molar-refractivity contribution < 1.29 is 39.3 Å². The largest absolute Gasteiger partial charge is 0.480 e. The van der Waals surface area contributed by atoms with Crippen molar-refractivity contribution in [3.05, 3.63) is 0 Å². The van der Waals surface area contributed by atoms with E-state index in [1.54, 1.807) is 0 Å². The zero-order chi connectivity index (χ0) is 21.1. The number of carboxylic acid groups (broad SMARTS) is 1. The molecule has 27 heavy (non-hydrogen) atoms. The Bertz CT molecular complexity index is 575. The molecule has 10 N–H and O–H groups in total. The number of aliphatic carboxylic acids is 1. The lowest BCUT2D eigenvalue weighted by molar-refractivity contribution is -0.142. The van der Waals surface area contributed by atoms with Crippen molar-refractivity contribution in [1.29, 1.82) is 0 Å². The van der Waals surface area contributed by atoms with E-state index in [0.717, 1.165) is 0 Å². The highest BCUT2D eigenvalue weighted by atomic mass is 32.1. The highest BCUT2D eigenvalue weighted by molar-refractivity contribution is 7.80. The molecular formula is C13H23N5O8S. The van der Waals surface area contributed by atoms with E-state index < -0.39 is 73.4 Å². The van der Waals surface area contributed by atoms with Gasteiger partial charge in [-0.25, -0.2) is 4.79 Å². The van der Waals surface area contributed by atoms with E-state index in [4.69, 9.17) is 21.7 Å². The summed E-state index contributed by atoms with van der Waals surface area (Å²) < 4.78 is 0. The molecule has 0 saturated carbocycles. The molecule has 0 aliphatic heterocycles. The van der Waals surface area contributed by atoms with Crippen LogP contribution in [0.15, 0.2) is 0 Å². The fraction of sp³-hybridized carbons (Fsp3) is 0.615. The van der Waals surface area contributed by atoms with Gasteiger partial charge in [0, 0.05) is 5.75 Å². The number of carboxylic acids is 1. The number of rotatable bonds is 12. The quantitative estimate of drug-likeness (QED) is 0.140. The van der Waals surface area contributed by atoms with E-state index >= 15 is 0 Å². The first-order chi connectivity index (χ1) is 12.6. The molecular weight excluding hydrogens is 386 g/mol. The summed E-state index contributed by atoms with van der Waals surface area (Å²) >= 11 is 3.76. The molecule has 0 aliphatic carbocycles. The summed E-state index contributed by atoms with van der Waals surface area (Å²) in [6.07, 6.45) is -0.649. The molecule has 0 bridgehead atoms. The maximum absolute atomic E-state index is 12.2. The molecule has 4 amide bonds. The molecule has 0 heterocycles. The summed E-state index contributed by atoms with van der Waals surface area (Å²) in [5, 5.41) is 33.2. The second-order valence-corrected chi connectivity index (χ2v) is 5.71. The molecule has 0 rings (SSSR count). The van der Waals surface area contributed by atoms with Crippen molar-refractivity contribution in [2.45, 2.75) is 30.6 Å². The van der Waals surface area contributed by atoms with Crippen LogP contribution in [0.25, 0.3) is 0 Å². The maximum Gasteiger partial charge on any atom is 0.327 e. The van der Waals surface area contributed by atoms with Gasteiger partial charge in [0.1, 0.15) is 24.2 Å². The number of aliphatic hydroxyl groups is 2. The Kier molecular flexibility index (Phi) is 11.0. The Balaban J connectivity index is 5.13. The third-order valence-electron chi connectivity index (χ3n) is 3.18. The first-order valence-corrected chi connectivity index (χ1v) is 8.20. The van der Waals surface area contributed by atoms with Gasteiger partial charge in [0.25, 0.3) is 0 Å². The number of aliphatic hydroxyl groups excluding tert-OH is 2. The zero-order valence-corrected chi connectivity index (χ0v) is 15.0. The molecule has 0 saturated heterocycles. The van der Waals surface area contributed by atoms with Crippen LogP contribution in [0.1, 0.15) is 6.42 Å². The number of carbonyl (C=O) groups excluding carboxylic acids is 4. The van der Waals surface area contributed by atoms with Gasteiger partial charge in [0.05, 0.1) is 19.6 Å². The first-order valence-electron chi connectivity index (χ1n) is 7.57. The third-order valence-corrected chi connectivity index (χ3v) is 3.55. The minimum Gasteiger partial charge on any atom is -0.480 e. The molecule has 0 aromatic rings. The van der Waals surface area contributed by atoms with E-state index in [-0.39, 0.29) is 5.75 Å². The minimum atomic E-state index is -1.57. The lowest BCUT2D eigenvalue weighted by Crippen LogP contribution is -2.59. The van der Waals surface area contributed by atoms with Gasteiger partial charge >= 0.3 is 5.97 Å². The van der Waals surface area contributed by atoms with E-state index in [9.17, 15) is 29.1 Å². The van der Waals surface area contributed by atoms with E-state index in [2.05, 4.69) is 23.3 Å². The molecule has 0 fully saturated rings. The lowest BCUT2D eigenvalue weighted by atomic mass is 10.1. The maximum atomic E-state index is 12.2. The van der Waals surface area contributed by atoms with Gasteiger partial charge in [-0.1, -0.05) is 0 Å². The normalized spacial score (nSPS) is 15.0. The molecule has 14 heteroatoms. The number of nitrogens with two attached hydrogens (primary N) is 2. The van der Waals surface area contributed by atoms with E-state index in [1.807, 2.05) is 5.32 Å². The highest BCUT2D eigenvalue weighted by Crippen LogP contribution is 1.97. The fourth-order valence-corrected chi connectivity index (χ4v) is 1.94. The molecule has 4 atom stereocenters. The summed E-state index contributed by atoms with van der Waals surface area (Å²) in [6.45, 7) is -1.62. The van der Waals surface area contributed by atoms with Crippen LogP contribution in [-0.4, -0.2) is 88.1 Å². The number of primary amides is 1. The molecule has 154 valence electrons. The molecule has 0 radical (unpaired) electrons. The van der Waals surface area contributed by atoms with Gasteiger partial charge in [0.15, 0.2) is 0 Å². The van der Waals surface area contributed by atoms with E-state index in [0.29, 0.717) is 0 Å². The number of nitrogens with one attached hydrogen (secondary N) is 3. The van der Waals surface area contributed by atoms with Crippen molar-refractivity contribution in [1.82, 2.24) is 16.0 Å². The standard InChI is InChI=1S/C13H23N5O8S/c14-5(2-19)10(22)16-6(1-9(15)21)11(23)17-7(3-20)12(24)18-8(4-27)13(25)26/h5-8,19-20,27H,1-4,14H2,(H2,15,21)(H,16,22)(H,17,23)(H,18,24)(H,25,26)/t5-,6-,7-,8-/m0/s1. The zero-order valence-electron chi connectivity index (χ0n) is 14.1. The number of hydrogen-bond donors (Lipinski definition) is 9. The van der Waals surface area contributed by atoms with Gasteiger partial charge in [-0.05, 0) is 0 Å². The average molecular weight is 409 g/mol. The van der Waals surface area contributed by atoms with Gasteiger partial charge < -0.3 is 42.7 Å². The predicted octanol–water partition coefficient (Wildman–Crippen LogP) is -5.36. The fourth-order valence-electron chi connectivity index (χ4n) is 1.70. The number of thiol groups is 1. The van der Waals surface area contributed by atoms with Crippen molar-refractivity contribution >= 4 is 42.2 Å². The summed E-state index contributed by atoms with van der Waals surface area (Å²) in [6, 6.07) is -5.83. The monoisotopic (exact) mass is 409 g/mol. The van der Waals surface area contributed by atoms with Crippen LogP contribution < -0.4 is 27.4 Å². The predicted molar refractivity (Wildman–Crippen MR) is 93.2 cm³/mol. The summed E-state index contributed by atoms with van der Waals surface area (Å²) in [5.74, 6) is -5.61. The Morgan fingerprint density at radius 1 is 0.852 bits per heavy atom. The Morgan fingerprint density at radius 3 is 1.74 bits per heavy atom. The molecule has 0 spiro atoms. The van der Waals surface area contributed by atoms with Crippen LogP contribution in [0.3, 0.4) is 0 Å². The van der Waals surface area contributed by atoms with Crippen LogP contribution in [0.4, 0.5) is 0 Å². The first kappa shape index (κ1) is 24.6. The van der Waals surface area contributed by atoms with Crippen molar-refractivity contribution in [2.24, 2.45) is 11.5 Å². The summed E-state index contributed by atoms with van der Waals surface area (Å²) in [5.41, 5.74) is 10.3. The Morgan fingerprint density at radius 2 is 1.33 bits per heavy atom. The minimum absolute atomic E-state index is 0.243. The van der Waals surface area contributed by atoms with Gasteiger partial charge in [-0.15, -0.1) is 0 Å². The smallest absolute Gasteiger partial charge is 0.327 e. The average Bonchev–Trinajstić information content (AvgIpc) is 2.61. The molecule has 0 aromatic carbocycles. The number of carbonyl (C=O) groups is 5. The van der Waals surface area contributed by atoms with Crippen molar-refractivity contribution in [3.63, 3.8) is 0 Å². The Hall–Kier alpha value is -2.42. The van der Waals surface area contributed by atoms with Crippen LogP contribution in [0.5, 0.6) is 0 Å². The van der Waals surface area contributed by atoms with Crippen molar-refractivity contribution in [2.75, 3.05) is 19.0 Å². The second kappa shape index (κ2) is 12.1. The number of amides is 4. The summed E-state index contributed by atoms with van der Waals surface area (Å²) in [4.78, 5) is 57.9. The summed E-state index contributed by atoms with van der Waals surface area (Å²) in [7, 11) is 0. The lowest BCUT2D eigenvalue weighted by Gasteiger charge is -2.23. The van der Waals surface area contributed by atoms with Gasteiger partial charge in [-0.2, -0.15) is 12.6 Å². The molecule has 0 aliphatic rings. The third kappa shape index (κ3) is 8.67.